The average molecular weight is 263 g/mol. The third-order valence-electron chi connectivity index (χ3n) is 3.08. The fourth-order valence-electron chi connectivity index (χ4n) is 2.11. The van der Waals surface area contributed by atoms with E-state index in [0.29, 0.717) is 18.0 Å². The molecule has 1 aliphatic heterocycles. The van der Waals surface area contributed by atoms with Gasteiger partial charge in [0.1, 0.15) is 4.99 Å². The van der Waals surface area contributed by atoms with Crippen LogP contribution in [0.1, 0.15) is 17.5 Å². The van der Waals surface area contributed by atoms with Crippen LogP contribution in [-0.4, -0.2) is 35.4 Å². The lowest BCUT2D eigenvalue weighted by Crippen LogP contribution is -2.29. The summed E-state index contributed by atoms with van der Waals surface area (Å²) in [6, 6.07) is 7.90. The smallest absolute Gasteiger partial charge is 0.221 e. The molecule has 0 radical (unpaired) electrons. The molecule has 1 fully saturated rings. The quantitative estimate of drug-likeness (QED) is 0.786. The minimum absolute atomic E-state index is 0.125. The molecule has 5 heteroatoms. The van der Waals surface area contributed by atoms with E-state index in [9.17, 15) is 4.79 Å². The van der Waals surface area contributed by atoms with E-state index in [1.807, 2.05) is 24.3 Å². The summed E-state index contributed by atoms with van der Waals surface area (Å²) in [5, 5.41) is 2.87. The molecular formula is C13H17N3OS. The number of thiocarbonyl (C=S) groups is 1. The van der Waals surface area contributed by atoms with Gasteiger partial charge in [-0.3, -0.25) is 9.69 Å². The Hall–Kier alpha value is -1.46. The Morgan fingerprint density at radius 1 is 1.39 bits per heavy atom. The summed E-state index contributed by atoms with van der Waals surface area (Å²) < 4.78 is 0. The molecule has 1 amide bonds. The van der Waals surface area contributed by atoms with Crippen LogP contribution in [0, 0.1) is 0 Å². The van der Waals surface area contributed by atoms with Gasteiger partial charge in [0, 0.05) is 38.2 Å². The summed E-state index contributed by atoms with van der Waals surface area (Å²) in [4.78, 5) is 13.9. The Kier molecular flexibility index (Phi) is 4.28. The fraction of sp³-hybridized carbons (Fsp3) is 0.385. The molecule has 1 saturated heterocycles. The lowest BCUT2D eigenvalue weighted by molar-refractivity contribution is -0.120. The molecular weight excluding hydrogens is 246 g/mol. The van der Waals surface area contributed by atoms with E-state index in [0.717, 1.165) is 30.8 Å². The van der Waals surface area contributed by atoms with E-state index in [2.05, 4.69) is 10.2 Å². The number of nitrogens with two attached hydrogens (primary N) is 1. The molecule has 0 aromatic heterocycles. The van der Waals surface area contributed by atoms with E-state index in [-0.39, 0.29) is 5.91 Å². The van der Waals surface area contributed by atoms with Gasteiger partial charge in [0.05, 0.1) is 0 Å². The number of amides is 1. The number of benzene rings is 1. The third kappa shape index (κ3) is 3.27. The minimum Gasteiger partial charge on any atom is -0.389 e. The number of carbonyl (C=O) groups is 1. The topological polar surface area (TPSA) is 58.4 Å². The van der Waals surface area contributed by atoms with E-state index < -0.39 is 0 Å². The molecule has 0 unspecified atom stereocenters. The molecule has 96 valence electrons. The Labute approximate surface area is 112 Å². The maximum atomic E-state index is 11.3. The van der Waals surface area contributed by atoms with Gasteiger partial charge in [-0.1, -0.05) is 36.5 Å². The summed E-state index contributed by atoms with van der Waals surface area (Å²) >= 11 is 5.06. The molecule has 0 spiro atoms. The zero-order valence-corrected chi connectivity index (χ0v) is 11.0. The van der Waals surface area contributed by atoms with Crippen LogP contribution in [0.25, 0.3) is 0 Å². The SMILES string of the molecule is NC(=S)c1ccccc1CN1CCNC(=O)CC1. The van der Waals surface area contributed by atoms with Gasteiger partial charge in [-0.05, 0) is 5.56 Å². The molecule has 4 nitrogen and oxygen atoms in total. The van der Waals surface area contributed by atoms with E-state index >= 15 is 0 Å². The van der Waals surface area contributed by atoms with Crippen LogP contribution in [0.2, 0.25) is 0 Å². The molecule has 0 atom stereocenters. The first kappa shape index (κ1) is 13.0. The van der Waals surface area contributed by atoms with Crippen LogP contribution < -0.4 is 11.1 Å². The fourth-order valence-corrected chi connectivity index (χ4v) is 2.31. The van der Waals surface area contributed by atoms with Crippen LogP contribution in [0.15, 0.2) is 24.3 Å². The maximum Gasteiger partial charge on any atom is 0.221 e. The highest BCUT2D eigenvalue weighted by atomic mass is 32.1. The molecule has 3 N–H and O–H groups in total. The van der Waals surface area contributed by atoms with Gasteiger partial charge in [-0.15, -0.1) is 0 Å². The van der Waals surface area contributed by atoms with Crippen molar-refractivity contribution < 1.29 is 4.79 Å². The largest absolute Gasteiger partial charge is 0.389 e. The molecule has 0 bridgehead atoms. The van der Waals surface area contributed by atoms with Crippen molar-refractivity contribution in [3.63, 3.8) is 0 Å². The van der Waals surface area contributed by atoms with Crippen molar-refractivity contribution in [3.8, 4) is 0 Å². The standard InChI is InChI=1S/C13H17N3OS/c14-13(18)11-4-2-1-3-10(11)9-16-7-5-12(17)15-6-8-16/h1-4H,5-9H2,(H2,14,18)(H,15,17). The zero-order chi connectivity index (χ0) is 13.0. The molecule has 18 heavy (non-hydrogen) atoms. The van der Waals surface area contributed by atoms with Crippen LogP contribution >= 0.6 is 12.2 Å². The number of nitrogens with one attached hydrogen (secondary N) is 1. The second kappa shape index (κ2) is 5.93. The average Bonchev–Trinajstić information content (AvgIpc) is 2.55. The van der Waals surface area contributed by atoms with Gasteiger partial charge in [0.15, 0.2) is 0 Å². The molecule has 1 heterocycles. The predicted molar refractivity (Wildman–Crippen MR) is 75.2 cm³/mol. The number of rotatable bonds is 3. The number of nitrogens with zero attached hydrogens (tertiary/aromatic N) is 1. The summed E-state index contributed by atoms with van der Waals surface area (Å²) in [5.74, 6) is 0.125. The first-order valence-electron chi connectivity index (χ1n) is 6.03. The first-order chi connectivity index (χ1) is 8.66. The van der Waals surface area contributed by atoms with Crippen LogP contribution in [0.4, 0.5) is 0 Å². The Balaban J connectivity index is 2.09. The van der Waals surface area contributed by atoms with Gasteiger partial charge in [-0.2, -0.15) is 0 Å². The van der Waals surface area contributed by atoms with Crippen molar-refractivity contribution >= 4 is 23.1 Å². The van der Waals surface area contributed by atoms with Crippen molar-refractivity contribution in [1.29, 1.82) is 0 Å². The lowest BCUT2D eigenvalue weighted by atomic mass is 10.1. The second-order valence-electron chi connectivity index (χ2n) is 4.40. The van der Waals surface area contributed by atoms with Gasteiger partial charge in [0.2, 0.25) is 5.91 Å². The van der Waals surface area contributed by atoms with Crippen molar-refractivity contribution in [2.75, 3.05) is 19.6 Å². The third-order valence-corrected chi connectivity index (χ3v) is 3.30. The number of hydrogen-bond acceptors (Lipinski definition) is 3. The Bertz CT molecular complexity index is 461. The predicted octanol–water partition coefficient (Wildman–Crippen LogP) is 0.643. The number of hydrogen-bond donors (Lipinski definition) is 2. The van der Waals surface area contributed by atoms with Gasteiger partial charge in [-0.25, -0.2) is 0 Å². The summed E-state index contributed by atoms with van der Waals surface area (Å²) in [7, 11) is 0. The first-order valence-corrected chi connectivity index (χ1v) is 6.44. The zero-order valence-electron chi connectivity index (χ0n) is 10.2. The van der Waals surface area contributed by atoms with Gasteiger partial charge in [0.25, 0.3) is 0 Å². The molecule has 1 aliphatic rings. The highest BCUT2D eigenvalue weighted by Gasteiger charge is 2.15. The highest BCUT2D eigenvalue weighted by molar-refractivity contribution is 7.80. The van der Waals surface area contributed by atoms with Gasteiger partial charge >= 0.3 is 0 Å². The molecule has 0 saturated carbocycles. The molecule has 1 aromatic rings. The van der Waals surface area contributed by atoms with Crippen molar-refractivity contribution in [2.24, 2.45) is 5.73 Å². The molecule has 1 aromatic carbocycles. The minimum atomic E-state index is 0.125. The molecule has 2 rings (SSSR count). The Morgan fingerprint density at radius 3 is 2.94 bits per heavy atom. The summed E-state index contributed by atoms with van der Waals surface area (Å²) in [6.45, 7) is 3.12. The normalized spacial score (nSPS) is 17.0. The second-order valence-corrected chi connectivity index (χ2v) is 4.84. The van der Waals surface area contributed by atoms with Crippen molar-refractivity contribution in [2.45, 2.75) is 13.0 Å². The van der Waals surface area contributed by atoms with Crippen LogP contribution in [0.5, 0.6) is 0 Å². The van der Waals surface area contributed by atoms with E-state index in [4.69, 9.17) is 18.0 Å². The summed E-state index contributed by atoms with van der Waals surface area (Å²) in [5.41, 5.74) is 7.77. The highest BCUT2D eigenvalue weighted by Crippen LogP contribution is 2.12. The van der Waals surface area contributed by atoms with Gasteiger partial charge < -0.3 is 11.1 Å². The summed E-state index contributed by atoms with van der Waals surface area (Å²) in [6.07, 6.45) is 0.551. The van der Waals surface area contributed by atoms with Crippen LogP contribution in [0.3, 0.4) is 0 Å². The van der Waals surface area contributed by atoms with E-state index in [1.54, 1.807) is 0 Å². The van der Waals surface area contributed by atoms with Crippen molar-refractivity contribution in [3.05, 3.63) is 35.4 Å². The maximum absolute atomic E-state index is 11.3. The number of carbonyl (C=O) groups excluding carboxylic acids is 1. The van der Waals surface area contributed by atoms with Crippen molar-refractivity contribution in [1.82, 2.24) is 10.2 Å². The Morgan fingerprint density at radius 2 is 2.17 bits per heavy atom. The lowest BCUT2D eigenvalue weighted by Gasteiger charge is -2.20. The van der Waals surface area contributed by atoms with E-state index in [1.165, 1.54) is 0 Å². The monoisotopic (exact) mass is 263 g/mol. The molecule has 0 aliphatic carbocycles. The van der Waals surface area contributed by atoms with Crippen LogP contribution in [-0.2, 0) is 11.3 Å².